The highest BCUT2D eigenvalue weighted by atomic mass is 16.2. The number of Topliss-reactive ketones (excluding diaryl/α,β-unsaturated/α-hetero) is 1. The lowest BCUT2D eigenvalue weighted by Crippen LogP contribution is -2.41. The van der Waals surface area contributed by atoms with Crippen molar-refractivity contribution in [2.75, 3.05) is 39.8 Å². The molecule has 1 saturated heterocycles. The van der Waals surface area contributed by atoms with Crippen LogP contribution >= 0.6 is 0 Å². The third-order valence-electron chi connectivity index (χ3n) is 5.40. The summed E-state index contributed by atoms with van der Waals surface area (Å²) in [6.45, 7) is 8.33. The van der Waals surface area contributed by atoms with E-state index in [4.69, 9.17) is 0 Å². The summed E-state index contributed by atoms with van der Waals surface area (Å²) in [6.07, 6.45) is 1.42. The van der Waals surface area contributed by atoms with Gasteiger partial charge in [0.05, 0.1) is 25.3 Å². The van der Waals surface area contributed by atoms with E-state index in [1.165, 1.54) is 4.68 Å². The van der Waals surface area contributed by atoms with E-state index in [9.17, 15) is 9.59 Å². The molecule has 7 nitrogen and oxygen atoms in total. The number of likely N-dealkylation sites (N-methyl/N-ethyl adjacent to an activating group) is 1. The highest BCUT2D eigenvalue weighted by Crippen LogP contribution is 2.28. The maximum absolute atomic E-state index is 12.7. The SMILES string of the molecule is C.C.CCC[N+]1(CCNC)CC1NCC(=O)c1c(C)[nH]n(-c2ccccc2)c1=O. The first-order valence-corrected chi connectivity index (χ1v) is 9.66. The Morgan fingerprint density at radius 2 is 1.93 bits per heavy atom. The van der Waals surface area contributed by atoms with Crippen molar-refractivity contribution < 1.29 is 9.28 Å². The summed E-state index contributed by atoms with van der Waals surface area (Å²) in [5.41, 5.74) is 1.29. The van der Waals surface area contributed by atoms with E-state index in [0.717, 1.165) is 42.8 Å². The molecule has 1 aromatic heterocycles. The van der Waals surface area contributed by atoms with E-state index in [-0.39, 0.29) is 38.3 Å². The molecule has 1 fully saturated rings. The van der Waals surface area contributed by atoms with Crippen LogP contribution in [0.25, 0.3) is 5.69 Å². The van der Waals surface area contributed by atoms with Crippen molar-refractivity contribution in [2.24, 2.45) is 0 Å². The standard InChI is InChI=1S/C20H29N5O2.2CH4/c1-4-11-25(12-10-21-3)14-18(25)22-13-17(26)19-15(2)23-24(20(19)27)16-8-6-5-7-9-16;;/h5-9,18,21-22H,4,10-14H2,1-3H3;2*1H4/p+1. The number of H-pyrrole nitrogens is 1. The fourth-order valence-electron chi connectivity index (χ4n) is 3.87. The molecule has 1 aromatic carbocycles. The van der Waals surface area contributed by atoms with Gasteiger partial charge in [0.15, 0.2) is 11.9 Å². The number of hydrogen-bond acceptors (Lipinski definition) is 4. The van der Waals surface area contributed by atoms with Gasteiger partial charge in [-0.15, -0.1) is 0 Å². The van der Waals surface area contributed by atoms with Gasteiger partial charge in [-0.25, -0.2) is 4.68 Å². The van der Waals surface area contributed by atoms with Crippen molar-refractivity contribution in [1.29, 1.82) is 0 Å². The number of ketones is 1. The average Bonchev–Trinajstić information content (AvgIpc) is 3.27. The van der Waals surface area contributed by atoms with Crippen LogP contribution in [0, 0.1) is 6.92 Å². The summed E-state index contributed by atoms with van der Waals surface area (Å²) >= 11 is 0. The monoisotopic (exact) mass is 404 g/mol. The van der Waals surface area contributed by atoms with E-state index >= 15 is 0 Å². The van der Waals surface area contributed by atoms with Crippen LogP contribution in [0.15, 0.2) is 35.1 Å². The van der Waals surface area contributed by atoms with Gasteiger partial charge in [-0.2, -0.15) is 0 Å². The van der Waals surface area contributed by atoms with Crippen LogP contribution < -0.4 is 16.2 Å². The summed E-state index contributed by atoms with van der Waals surface area (Å²) in [6, 6.07) is 9.30. The predicted octanol–water partition coefficient (Wildman–Crippen LogP) is 2.30. The molecular weight excluding hydrogens is 366 g/mol. The Morgan fingerprint density at radius 3 is 2.55 bits per heavy atom. The summed E-state index contributed by atoms with van der Waals surface area (Å²) in [5.74, 6) is -0.154. The van der Waals surface area contributed by atoms with Crippen molar-refractivity contribution in [1.82, 2.24) is 20.4 Å². The van der Waals surface area contributed by atoms with Gasteiger partial charge in [0, 0.05) is 12.2 Å². The number of rotatable bonds is 10. The minimum absolute atomic E-state index is 0. The first-order chi connectivity index (χ1) is 13.0. The Morgan fingerprint density at radius 1 is 1.24 bits per heavy atom. The lowest BCUT2D eigenvalue weighted by molar-refractivity contribution is -0.814. The van der Waals surface area contributed by atoms with Crippen LogP contribution in [0.5, 0.6) is 0 Å². The molecule has 1 aliphatic rings. The number of aromatic amines is 1. The first kappa shape index (κ1) is 24.8. The fraction of sp³-hybridized carbons (Fsp3) is 0.545. The topological polar surface area (TPSA) is 78.9 Å². The van der Waals surface area contributed by atoms with Gasteiger partial charge in [0.2, 0.25) is 0 Å². The number of aryl methyl sites for hydroxylation is 1. The first-order valence-electron chi connectivity index (χ1n) is 9.66. The van der Waals surface area contributed by atoms with Crippen LogP contribution in [0.3, 0.4) is 0 Å². The smallest absolute Gasteiger partial charge is 0.282 e. The van der Waals surface area contributed by atoms with E-state index in [0.29, 0.717) is 11.9 Å². The number of carbonyl (C=O) groups excluding carboxylic acids is 1. The van der Waals surface area contributed by atoms with Gasteiger partial charge < -0.3 is 5.32 Å². The zero-order chi connectivity index (χ0) is 19.4. The molecule has 3 N–H and O–H groups in total. The van der Waals surface area contributed by atoms with Crippen LogP contribution in [0.1, 0.15) is 44.2 Å². The summed E-state index contributed by atoms with van der Waals surface area (Å²) in [7, 11) is 1.96. The molecule has 0 aliphatic carbocycles. The predicted molar refractivity (Wildman–Crippen MR) is 120 cm³/mol. The van der Waals surface area contributed by atoms with Gasteiger partial charge in [-0.3, -0.25) is 24.5 Å². The van der Waals surface area contributed by atoms with Gasteiger partial charge in [-0.1, -0.05) is 40.0 Å². The maximum atomic E-state index is 12.7. The zero-order valence-electron chi connectivity index (χ0n) is 16.4. The van der Waals surface area contributed by atoms with E-state index in [1.54, 1.807) is 6.92 Å². The van der Waals surface area contributed by atoms with E-state index in [2.05, 4.69) is 22.7 Å². The molecule has 0 amide bonds. The molecule has 162 valence electrons. The third kappa shape index (κ3) is 5.23. The molecule has 2 unspecified atom stereocenters. The fourth-order valence-corrected chi connectivity index (χ4v) is 3.87. The second-order valence-electron chi connectivity index (χ2n) is 7.36. The number of para-hydroxylation sites is 1. The molecule has 2 heterocycles. The summed E-state index contributed by atoms with van der Waals surface area (Å²) in [5, 5.41) is 9.61. The highest BCUT2D eigenvalue weighted by molar-refractivity contribution is 5.98. The second kappa shape index (κ2) is 10.5. The normalized spacial score (nSPS) is 19.9. The Balaban J connectivity index is 0.00000210. The van der Waals surface area contributed by atoms with E-state index < -0.39 is 0 Å². The van der Waals surface area contributed by atoms with Crippen molar-refractivity contribution in [2.45, 2.75) is 41.3 Å². The summed E-state index contributed by atoms with van der Waals surface area (Å²) in [4.78, 5) is 25.5. The maximum Gasteiger partial charge on any atom is 0.282 e. The molecule has 3 rings (SSSR count). The van der Waals surface area contributed by atoms with E-state index in [1.807, 2.05) is 37.4 Å². The molecule has 0 saturated carbocycles. The average molecular weight is 405 g/mol. The quantitative estimate of drug-likeness (QED) is 0.323. The Kier molecular flexibility index (Phi) is 9.01. The molecule has 1 aliphatic heterocycles. The molecule has 0 bridgehead atoms. The molecule has 7 heteroatoms. The number of aromatic nitrogens is 2. The number of benzene rings is 1. The highest BCUT2D eigenvalue weighted by Gasteiger charge is 2.53. The van der Waals surface area contributed by atoms with Crippen LogP contribution in [-0.4, -0.2) is 66.0 Å². The summed E-state index contributed by atoms with van der Waals surface area (Å²) < 4.78 is 2.44. The van der Waals surface area contributed by atoms with Crippen molar-refractivity contribution in [3.63, 3.8) is 0 Å². The second-order valence-corrected chi connectivity index (χ2v) is 7.36. The molecule has 2 aromatic rings. The number of hydrogen-bond donors (Lipinski definition) is 3. The van der Waals surface area contributed by atoms with Crippen LogP contribution in [0.2, 0.25) is 0 Å². The van der Waals surface area contributed by atoms with Crippen molar-refractivity contribution in [3.8, 4) is 5.69 Å². The van der Waals surface area contributed by atoms with Crippen molar-refractivity contribution >= 4 is 5.78 Å². The molecular formula is C22H38N5O2+. The zero-order valence-corrected chi connectivity index (χ0v) is 16.4. The molecule has 2 atom stereocenters. The van der Waals surface area contributed by atoms with Gasteiger partial charge in [-0.05, 0) is 32.5 Å². The van der Waals surface area contributed by atoms with Crippen LogP contribution in [0.4, 0.5) is 0 Å². The van der Waals surface area contributed by atoms with Gasteiger partial charge in [0.25, 0.3) is 5.56 Å². The lowest BCUT2D eigenvalue weighted by atomic mass is 10.1. The number of nitrogens with one attached hydrogen (secondary N) is 3. The minimum Gasteiger partial charge on any atom is -0.315 e. The van der Waals surface area contributed by atoms with Gasteiger partial charge >= 0.3 is 0 Å². The molecule has 0 spiro atoms. The third-order valence-corrected chi connectivity index (χ3v) is 5.40. The Bertz CT molecular complexity index is 843. The number of nitrogens with zero attached hydrogens (tertiary/aromatic N) is 2. The number of quaternary nitrogens is 1. The van der Waals surface area contributed by atoms with Crippen molar-refractivity contribution in [3.05, 3.63) is 51.9 Å². The molecule has 0 radical (unpaired) electrons. The van der Waals surface area contributed by atoms with Crippen LogP contribution in [-0.2, 0) is 0 Å². The Labute approximate surface area is 174 Å². The largest absolute Gasteiger partial charge is 0.315 e. The minimum atomic E-state index is -0.286. The molecule has 29 heavy (non-hydrogen) atoms. The number of carbonyl (C=O) groups is 1. The Hall–Kier alpha value is -2.22. The lowest BCUT2D eigenvalue weighted by Gasteiger charge is -2.20. The van der Waals surface area contributed by atoms with Gasteiger partial charge in [0.1, 0.15) is 12.1 Å².